The Kier molecular flexibility index (Phi) is 6.00. The summed E-state index contributed by atoms with van der Waals surface area (Å²) >= 11 is 0. The van der Waals surface area contributed by atoms with Crippen molar-refractivity contribution in [2.45, 2.75) is 57.3 Å². The van der Waals surface area contributed by atoms with Gasteiger partial charge in [-0.25, -0.2) is 18.1 Å². The van der Waals surface area contributed by atoms with Crippen molar-refractivity contribution in [3.05, 3.63) is 12.0 Å². The maximum Gasteiger partial charge on any atom is 0.259 e. The number of sulfonamides is 1. The molecule has 1 aliphatic rings. The van der Waals surface area contributed by atoms with E-state index in [1.165, 1.54) is 0 Å². The number of hydrogen-bond donors (Lipinski definition) is 2. The highest BCUT2D eigenvalue weighted by Crippen LogP contribution is 2.14. The van der Waals surface area contributed by atoms with E-state index in [0.29, 0.717) is 0 Å². The summed E-state index contributed by atoms with van der Waals surface area (Å²) in [7, 11) is -3.53. The number of aromatic nitrogens is 2. The number of nitrogens with one attached hydrogen (secondary N) is 2. The zero-order chi connectivity index (χ0) is 14.0. The fourth-order valence-corrected chi connectivity index (χ4v) is 3.75. The Morgan fingerprint density at radius 1 is 1.55 bits per heavy atom. The van der Waals surface area contributed by atoms with E-state index in [9.17, 15) is 8.42 Å². The molecular weight excluding hydrogens is 300 g/mol. The Morgan fingerprint density at radius 2 is 2.25 bits per heavy atom. The van der Waals surface area contributed by atoms with Crippen molar-refractivity contribution in [2.24, 2.45) is 0 Å². The molecular formula is C12H23ClN4O2S. The quantitative estimate of drug-likeness (QED) is 0.869. The molecule has 1 saturated heterocycles. The third-order valence-electron chi connectivity index (χ3n) is 3.64. The number of aryl methyl sites for hydroxylation is 2. The highest BCUT2D eigenvalue weighted by atomic mass is 35.5. The Bertz CT molecular complexity index is 544. The van der Waals surface area contributed by atoms with Gasteiger partial charge in [-0.15, -0.1) is 12.4 Å². The summed E-state index contributed by atoms with van der Waals surface area (Å²) in [6.45, 7) is 7.44. The van der Waals surface area contributed by atoms with E-state index in [4.69, 9.17) is 0 Å². The Balaban J connectivity index is 0.00000200. The van der Waals surface area contributed by atoms with Gasteiger partial charge in [-0.2, -0.15) is 0 Å². The maximum atomic E-state index is 12.3. The predicted molar refractivity (Wildman–Crippen MR) is 80.7 cm³/mol. The van der Waals surface area contributed by atoms with Crippen LogP contribution in [0.1, 0.15) is 32.5 Å². The van der Waals surface area contributed by atoms with Gasteiger partial charge in [-0.3, -0.25) is 0 Å². The molecule has 0 radical (unpaired) electrons. The summed E-state index contributed by atoms with van der Waals surface area (Å²) < 4.78 is 29.2. The summed E-state index contributed by atoms with van der Waals surface area (Å²) in [5.41, 5.74) is 0. The van der Waals surface area contributed by atoms with Crippen LogP contribution in [0.15, 0.2) is 11.2 Å². The summed E-state index contributed by atoms with van der Waals surface area (Å²) in [4.78, 5) is 4.14. The van der Waals surface area contributed by atoms with Gasteiger partial charge >= 0.3 is 0 Å². The van der Waals surface area contributed by atoms with Gasteiger partial charge in [0.15, 0.2) is 5.03 Å². The van der Waals surface area contributed by atoms with Gasteiger partial charge in [0.25, 0.3) is 10.0 Å². The molecule has 8 heteroatoms. The molecule has 1 aliphatic heterocycles. The Morgan fingerprint density at radius 3 is 2.80 bits per heavy atom. The zero-order valence-corrected chi connectivity index (χ0v) is 13.7. The van der Waals surface area contributed by atoms with E-state index in [1.807, 2.05) is 25.3 Å². The molecule has 2 atom stereocenters. The number of nitrogens with zero attached hydrogens (tertiary/aromatic N) is 2. The molecule has 0 amide bonds. The number of rotatable bonds is 4. The molecule has 1 aromatic heterocycles. The smallest absolute Gasteiger partial charge is 0.259 e. The van der Waals surface area contributed by atoms with E-state index in [-0.39, 0.29) is 29.5 Å². The second kappa shape index (κ2) is 6.89. The molecule has 0 saturated carbocycles. The van der Waals surface area contributed by atoms with Gasteiger partial charge in [0, 0.05) is 24.8 Å². The van der Waals surface area contributed by atoms with Crippen LogP contribution < -0.4 is 10.0 Å². The van der Waals surface area contributed by atoms with Gasteiger partial charge < -0.3 is 9.88 Å². The normalized spacial score (nSPS) is 23.4. The molecule has 0 aromatic carbocycles. The minimum absolute atomic E-state index is 0. The first-order valence-electron chi connectivity index (χ1n) is 6.73. The molecule has 20 heavy (non-hydrogen) atoms. The van der Waals surface area contributed by atoms with Crippen LogP contribution in [-0.2, 0) is 16.6 Å². The van der Waals surface area contributed by atoms with E-state index in [0.717, 1.165) is 31.8 Å². The van der Waals surface area contributed by atoms with E-state index >= 15 is 0 Å². The molecule has 116 valence electrons. The van der Waals surface area contributed by atoms with Crippen molar-refractivity contribution in [3.63, 3.8) is 0 Å². The minimum Gasteiger partial charge on any atom is -0.334 e. The standard InChI is InChI=1S/C12H22N4O2S.ClH/c1-4-16-8-12(14-10(16)3)19(17,18)15-11-6-5-7-13-9(11)2;/h8-9,11,13,15H,4-7H2,1-3H3;1H. The largest absolute Gasteiger partial charge is 0.334 e. The molecule has 2 N–H and O–H groups in total. The first kappa shape index (κ1) is 17.4. The summed E-state index contributed by atoms with van der Waals surface area (Å²) in [5.74, 6) is 0.720. The van der Waals surface area contributed by atoms with E-state index in [2.05, 4.69) is 15.0 Å². The average molecular weight is 323 g/mol. The molecule has 1 aromatic rings. The molecule has 6 nitrogen and oxygen atoms in total. The third kappa shape index (κ3) is 3.72. The molecule has 2 unspecified atom stereocenters. The van der Waals surface area contributed by atoms with Crippen molar-refractivity contribution in [2.75, 3.05) is 6.54 Å². The van der Waals surface area contributed by atoms with Crippen LogP contribution in [0.4, 0.5) is 0 Å². The fourth-order valence-electron chi connectivity index (χ4n) is 2.39. The van der Waals surface area contributed by atoms with Gasteiger partial charge in [0.2, 0.25) is 0 Å². The number of imidazole rings is 1. The number of halogens is 1. The molecule has 1 fully saturated rings. The van der Waals surface area contributed by atoms with Gasteiger partial charge in [-0.1, -0.05) is 0 Å². The van der Waals surface area contributed by atoms with Crippen LogP contribution in [0.25, 0.3) is 0 Å². The number of hydrogen-bond acceptors (Lipinski definition) is 4. The SMILES string of the molecule is CCn1cc(S(=O)(=O)NC2CCCNC2C)nc1C.Cl. The first-order chi connectivity index (χ1) is 8.94. The van der Waals surface area contributed by atoms with Crippen molar-refractivity contribution in [1.82, 2.24) is 19.6 Å². The van der Waals surface area contributed by atoms with Gasteiger partial charge in [0.05, 0.1) is 0 Å². The lowest BCUT2D eigenvalue weighted by Crippen LogP contribution is -2.51. The van der Waals surface area contributed by atoms with Crippen LogP contribution >= 0.6 is 12.4 Å². The lowest BCUT2D eigenvalue weighted by molar-refractivity contribution is 0.348. The van der Waals surface area contributed by atoms with Crippen molar-refractivity contribution >= 4 is 22.4 Å². The van der Waals surface area contributed by atoms with E-state index in [1.54, 1.807) is 6.20 Å². The van der Waals surface area contributed by atoms with Crippen molar-refractivity contribution in [1.29, 1.82) is 0 Å². The minimum atomic E-state index is -3.53. The number of piperidine rings is 1. The third-order valence-corrected chi connectivity index (χ3v) is 5.00. The van der Waals surface area contributed by atoms with Crippen LogP contribution in [0.2, 0.25) is 0 Å². The summed E-state index contributed by atoms with van der Waals surface area (Å²) in [6, 6.07) is 0.0868. The fraction of sp³-hybridized carbons (Fsp3) is 0.750. The molecule has 2 heterocycles. The maximum absolute atomic E-state index is 12.3. The molecule has 2 rings (SSSR count). The lowest BCUT2D eigenvalue weighted by atomic mass is 10.0. The molecule has 0 bridgehead atoms. The second-order valence-electron chi connectivity index (χ2n) is 5.03. The zero-order valence-electron chi connectivity index (χ0n) is 12.1. The van der Waals surface area contributed by atoms with Crippen molar-refractivity contribution in [3.8, 4) is 0 Å². The van der Waals surface area contributed by atoms with Crippen LogP contribution in [0, 0.1) is 6.92 Å². The highest BCUT2D eigenvalue weighted by molar-refractivity contribution is 7.89. The molecule has 0 spiro atoms. The summed E-state index contributed by atoms with van der Waals surface area (Å²) in [5, 5.41) is 3.40. The van der Waals surface area contributed by atoms with Gasteiger partial charge in [-0.05, 0) is 40.2 Å². The van der Waals surface area contributed by atoms with Crippen LogP contribution in [-0.4, -0.2) is 36.6 Å². The van der Waals surface area contributed by atoms with Crippen LogP contribution in [0.3, 0.4) is 0 Å². The summed E-state index contributed by atoms with van der Waals surface area (Å²) in [6.07, 6.45) is 3.44. The van der Waals surface area contributed by atoms with E-state index < -0.39 is 10.0 Å². The monoisotopic (exact) mass is 322 g/mol. The molecule has 0 aliphatic carbocycles. The van der Waals surface area contributed by atoms with Crippen LogP contribution in [0.5, 0.6) is 0 Å². The topological polar surface area (TPSA) is 76.0 Å². The first-order valence-corrected chi connectivity index (χ1v) is 8.22. The average Bonchev–Trinajstić information content (AvgIpc) is 2.74. The Hall–Kier alpha value is -0.630. The second-order valence-corrected chi connectivity index (χ2v) is 6.69. The van der Waals surface area contributed by atoms with Crippen molar-refractivity contribution < 1.29 is 8.42 Å². The predicted octanol–water partition coefficient (Wildman–Crippen LogP) is 1.05. The van der Waals surface area contributed by atoms with Gasteiger partial charge in [0.1, 0.15) is 5.82 Å². The highest BCUT2D eigenvalue weighted by Gasteiger charge is 2.28. The lowest BCUT2D eigenvalue weighted by Gasteiger charge is -2.30. The Labute approximate surface area is 126 Å².